The van der Waals surface area contributed by atoms with Crippen LogP contribution in [0.25, 0.3) is 0 Å². The molecule has 6 rings (SSSR count). The fraction of sp³-hybridized carbons (Fsp3) is 0.371. The van der Waals surface area contributed by atoms with E-state index in [0.29, 0.717) is 12.2 Å². The number of ether oxygens (including phenoxy) is 2. The Balaban J connectivity index is 1.49. The van der Waals surface area contributed by atoms with Gasteiger partial charge in [-0.3, -0.25) is 4.79 Å². The molecule has 2 heterocycles. The van der Waals surface area contributed by atoms with Crippen molar-refractivity contribution >= 4 is 23.0 Å². The summed E-state index contributed by atoms with van der Waals surface area (Å²) in [4.78, 5) is 23.6. The first kappa shape index (κ1) is 28.0. The van der Waals surface area contributed by atoms with Crippen LogP contribution in [0.4, 0.5) is 11.4 Å². The van der Waals surface area contributed by atoms with Crippen LogP contribution in [-0.4, -0.2) is 49.9 Å². The van der Waals surface area contributed by atoms with Crippen LogP contribution in [0.15, 0.2) is 83.5 Å². The van der Waals surface area contributed by atoms with Gasteiger partial charge < -0.3 is 25.0 Å². The maximum Gasteiger partial charge on any atom is 0.238 e. The summed E-state index contributed by atoms with van der Waals surface area (Å²) < 4.78 is 12.2. The Labute approximate surface area is 248 Å². The van der Waals surface area contributed by atoms with Crippen LogP contribution in [0.5, 0.6) is 11.5 Å². The molecule has 7 nitrogen and oxygen atoms in total. The minimum absolute atomic E-state index is 0.0812. The Morgan fingerprint density at radius 3 is 2.40 bits per heavy atom. The van der Waals surface area contributed by atoms with Gasteiger partial charge in [0.25, 0.3) is 0 Å². The van der Waals surface area contributed by atoms with Crippen molar-refractivity contribution in [1.82, 2.24) is 4.90 Å². The van der Waals surface area contributed by atoms with Crippen molar-refractivity contribution in [2.24, 2.45) is 10.7 Å². The lowest BCUT2D eigenvalue weighted by Gasteiger charge is -2.37. The lowest BCUT2D eigenvalue weighted by atomic mass is 9.65. The number of benzene rings is 3. The van der Waals surface area contributed by atoms with Gasteiger partial charge in [-0.15, -0.1) is 0 Å². The molecule has 3 aromatic carbocycles. The molecule has 0 atom stereocenters. The van der Waals surface area contributed by atoms with E-state index in [2.05, 4.69) is 24.1 Å². The zero-order valence-electron chi connectivity index (χ0n) is 24.8. The van der Waals surface area contributed by atoms with E-state index in [-0.39, 0.29) is 12.0 Å². The number of allylic oxidation sites excluding steroid dienone is 2. The van der Waals surface area contributed by atoms with Gasteiger partial charge in [0, 0.05) is 24.4 Å². The van der Waals surface area contributed by atoms with Gasteiger partial charge in [-0.05, 0) is 93.3 Å². The Morgan fingerprint density at radius 2 is 1.79 bits per heavy atom. The number of fused-ring (bicyclic) bond motifs is 2. The normalized spacial score (nSPS) is 19.1. The van der Waals surface area contributed by atoms with Gasteiger partial charge in [-0.1, -0.05) is 36.8 Å². The quantitative estimate of drug-likeness (QED) is 0.334. The first-order valence-corrected chi connectivity index (χ1v) is 14.9. The van der Waals surface area contributed by atoms with Crippen molar-refractivity contribution in [3.8, 4) is 11.5 Å². The second kappa shape index (κ2) is 11.6. The molecule has 2 fully saturated rings. The van der Waals surface area contributed by atoms with Gasteiger partial charge in [-0.2, -0.15) is 0 Å². The monoisotopic (exact) mass is 564 g/mol. The van der Waals surface area contributed by atoms with Gasteiger partial charge in [0.05, 0.1) is 36.2 Å². The molecule has 1 aliphatic carbocycles. The van der Waals surface area contributed by atoms with Gasteiger partial charge in [0.15, 0.2) is 0 Å². The van der Waals surface area contributed by atoms with Crippen molar-refractivity contribution in [2.75, 3.05) is 32.1 Å². The van der Waals surface area contributed by atoms with E-state index in [9.17, 15) is 4.79 Å². The Morgan fingerprint density at radius 1 is 1.07 bits per heavy atom. The highest BCUT2D eigenvalue weighted by molar-refractivity contribution is 6.14. The van der Waals surface area contributed by atoms with E-state index < -0.39 is 5.41 Å². The SMILES string of the molecule is COc1ccc(CN2C(=O)C3(CCC3)c3cc(C(C=C(C)N)=Nc4ccccc4)cc(OC4CCN(C)CC4)c32)cc1. The summed E-state index contributed by atoms with van der Waals surface area (Å²) in [5, 5.41) is 0. The highest BCUT2D eigenvalue weighted by Crippen LogP contribution is 2.57. The van der Waals surface area contributed by atoms with Crippen molar-refractivity contribution in [1.29, 1.82) is 0 Å². The standard InChI is InChI=1S/C35H40N4O3/c1-24(36)20-31(37-27-8-5-4-6-9-27)26-21-30-33(32(22-26)42-29-14-18-38(2)19-15-29)39(34(40)35(30)16-7-17-35)23-25-10-12-28(41-3)13-11-25/h4-6,8-13,20-22,29H,7,14-19,23,36H2,1-3H3. The third kappa shape index (κ3) is 5.41. The number of carbonyl (C=O) groups excluding carboxylic acids is 1. The zero-order valence-corrected chi connectivity index (χ0v) is 24.8. The molecule has 7 heteroatoms. The van der Waals surface area contributed by atoms with Crippen LogP contribution >= 0.6 is 0 Å². The van der Waals surface area contributed by atoms with E-state index in [0.717, 1.165) is 90.5 Å². The molecule has 3 aliphatic rings. The molecule has 0 unspecified atom stereocenters. The largest absolute Gasteiger partial charge is 0.497 e. The summed E-state index contributed by atoms with van der Waals surface area (Å²) in [5.74, 6) is 1.72. The number of likely N-dealkylation sites (tertiary alicyclic amines) is 1. The smallest absolute Gasteiger partial charge is 0.238 e. The highest BCUT2D eigenvalue weighted by Gasteiger charge is 2.55. The number of hydrogen-bond acceptors (Lipinski definition) is 6. The predicted molar refractivity (Wildman–Crippen MR) is 168 cm³/mol. The summed E-state index contributed by atoms with van der Waals surface area (Å²) >= 11 is 0. The second-order valence-electron chi connectivity index (χ2n) is 11.9. The van der Waals surface area contributed by atoms with Gasteiger partial charge in [0.2, 0.25) is 5.91 Å². The number of anilines is 1. The number of amides is 1. The molecule has 2 aliphatic heterocycles. The molecule has 1 saturated heterocycles. The van der Waals surface area contributed by atoms with Crippen LogP contribution < -0.4 is 20.1 Å². The summed E-state index contributed by atoms with van der Waals surface area (Å²) in [6, 6.07) is 22.1. The number of piperidine rings is 1. The first-order valence-electron chi connectivity index (χ1n) is 14.9. The lowest BCUT2D eigenvalue weighted by Crippen LogP contribution is -2.44. The molecule has 1 amide bonds. The number of carbonyl (C=O) groups is 1. The van der Waals surface area contributed by atoms with Crippen molar-refractivity contribution in [3.05, 3.63) is 95.2 Å². The first-order chi connectivity index (χ1) is 20.4. The summed E-state index contributed by atoms with van der Waals surface area (Å²) in [7, 11) is 3.81. The number of methoxy groups -OCH3 is 1. The third-order valence-corrected chi connectivity index (χ3v) is 8.85. The van der Waals surface area contributed by atoms with Crippen molar-refractivity contribution < 1.29 is 14.3 Å². The molecule has 0 bridgehead atoms. The lowest BCUT2D eigenvalue weighted by molar-refractivity contribution is -0.126. The molecular formula is C35H40N4O3. The zero-order chi connectivity index (χ0) is 29.3. The number of aliphatic imine (C=N–C) groups is 1. The maximum atomic E-state index is 14.3. The number of nitrogens with zero attached hydrogens (tertiary/aromatic N) is 3. The molecule has 1 saturated carbocycles. The molecule has 0 radical (unpaired) electrons. The Hall–Kier alpha value is -4.10. The molecule has 3 aromatic rings. The predicted octanol–water partition coefficient (Wildman–Crippen LogP) is 6.12. The van der Waals surface area contributed by atoms with E-state index in [1.807, 2.05) is 72.5 Å². The Kier molecular flexibility index (Phi) is 7.78. The molecule has 1 spiro atoms. The average molecular weight is 565 g/mol. The van der Waals surface area contributed by atoms with Gasteiger partial charge in [-0.25, -0.2) is 4.99 Å². The molecular weight excluding hydrogens is 524 g/mol. The Bertz CT molecular complexity index is 1500. The van der Waals surface area contributed by atoms with Crippen LogP contribution in [0, 0.1) is 0 Å². The van der Waals surface area contributed by atoms with E-state index in [4.69, 9.17) is 20.2 Å². The van der Waals surface area contributed by atoms with Gasteiger partial charge >= 0.3 is 0 Å². The van der Waals surface area contributed by atoms with Crippen LogP contribution in [0.2, 0.25) is 0 Å². The van der Waals surface area contributed by atoms with E-state index in [1.54, 1.807) is 7.11 Å². The molecule has 2 N–H and O–H groups in total. The molecule has 0 aromatic heterocycles. The summed E-state index contributed by atoms with van der Waals surface area (Å²) in [5.41, 5.74) is 11.9. The molecule has 218 valence electrons. The third-order valence-electron chi connectivity index (χ3n) is 8.85. The molecule has 42 heavy (non-hydrogen) atoms. The van der Waals surface area contributed by atoms with Crippen LogP contribution in [0.1, 0.15) is 55.7 Å². The minimum atomic E-state index is -0.526. The van der Waals surface area contributed by atoms with Crippen LogP contribution in [0.3, 0.4) is 0 Å². The number of para-hydroxylation sites is 1. The van der Waals surface area contributed by atoms with E-state index >= 15 is 0 Å². The van der Waals surface area contributed by atoms with Gasteiger partial charge in [0.1, 0.15) is 17.6 Å². The minimum Gasteiger partial charge on any atom is -0.497 e. The number of nitrogens with two attached hydrogens (primary N) is 1. The van der Waals surface area contributed by atoms with Crippen molar-refractivity contribution in [3.63, 3.8) is 0 Å². The number of hydrogen-bond donors (Lipinski definition) is 1. The topological polar surface area (TPSA) is 80.4 Å². The maximum absolute atomic E-state index is 14.3. The average Bonchev–Trinajstić information content (AvgIpc) is 3.22. The second-order valence-corrected chi connectivity index (χ2v) is 11.9. The van der Waals surface area contributed by atoms with E-state index in [1.165, 1.54) is 0 Å². The van der Waals surface area contributed by atoms with Crippen molar-refractivity contribution in [2.45, 2.75) is 57.1 Å². The van der Waals surface area contributed by atoms with Crippen LogP contribution in [-0.2, 0) is 16.8 Å². The summed E-state index contributed by atoms with van der Waals surface area (Å²) in [6.45, 7) is 4.33. The summed E-state index contributed by atoms with van der Waals surface area (Å²) in [6.07, 6.45) is 6.59. The highest BCUT2D eigenvalue weighted by atomic mass is 16.5. The fourth-order valence-corrected chi connectivity index (χ4v) is 6.36. The fourth-order valence-electron chi connectivity index (χ4n) is 6.36. The number of rotatable bonds is 8.